The van der Waals surface area contributed by atoms with E-state index in [2.05, 4.69) is 10.9 Å². The highest BCUT2D eigenvalue weighted by Gasteiger charge is 2.15. The second-order valence-electron chi connectivity index (χ2n) is 5.36. The highest BCUT2D eigenvalue weighted by molar-refractivity contribution is 7.98. The van der Waals surface area contributed by atoms with E-state index in [1.165, 1.54) is 11.8 Å². The normalized spacial score (nSPS) is 10.4. The van der Waals surface area contributed by atoms with Crippen molar-refractivity contribution in [1.29, 1.82) is 0 Å². The molecule has 132 valence electrons. The maximum atomic E-state index is 12.5. The zero-order chi connectivity index (χ0) is 18.5. The predicted octanol–water partition coefficient (Wildman–Crippen LogP) is 3.93. The van der Waals surface area contributed by atoms with E-state index >= 15 is 0 Å². The third kappa shape index (κ3) is 3.92. The maximum absolute atomic E-state index is 12.5. The number of amides is 2. The van der Waals surface area contributed by atoms with Gasteiger partial charge in [0.15, 0.2) is 0 Å². The molecule has 0 spiro atoms. The Hall–Kier alpha value is -2.70. The van der Waals surface area contributed by atoms with Crippen molar-refractivity contribution in [2.75, 3.05) is 6.26 Å². The number of aromatic nitrogens is 1. The lowest BCUT2D eigenvalue weighted by Gasteiger charge is -2.12. The topological polar surface area (TPSA) is 63.1 Å². The van der Waals surface area contributed by atoms with Gasteiger partial charge >= 0.3 is 0 Å². The fourth-order valence-electron chi connectivity index (χ4n) is 2.44. The van der Waals surface area contributed by atoms with Gasteiger partial charge in [0.1, 0.15) is 0 Å². The van der Waals surface area contributed by atoms with Crippen molar-refractivity contribution in [2.24, 2.45) is 0 Å². The van der Waals surface area contributed by atoms with Gasteiger partial charge < -0.3 is 4.57 Å². The monoisotopic (exact) mass is 385 g/mol. The van der Waals surface area contributed by atoms with Crippen LogP contribution in [0.4, 0.5) is 0 Å². The molecule has 2 amide bonds. The molecule has 0 radical (unpaired) electrons. The van der Waals surface area contributed by atoms with Crippen LogP contribution < -0.4 is 10.9 Å². The van der Waals surface area contributed by atoms with Crippen LogP contribution in [0.2, 0.25) is 5.02 Å². The van der Waals surface area contributed by atoms with Gasteiger partial charge in [-0.3, -0.25) is 20.4 Å². The Morgan fingerprint density at radius 1 is 0.923 bits per heavy atom. The highest BCUT2D eigenvalue weighted by Crippen LogP contribution is 2.22. The summed E-state index contributed by atoms with van der Waals surface area (Å²) >= 11 is 7.59. The van der Waals surface area contributed by atoms with Gasteiger partial charge in [0.2, 0.25) is 0 Å². The van der Waals surface area contributed by atoms with Crippen molar-refractivity contribution in [3.8, 4) is 5.69 Å². The largest absolute Gasteiger partial charge is 0.323 e. The smallest absolute Gasteiger partial charge is 0.271 e. The number of hydrogen-bond donors (Lipinski definition) is 2. The minimum absolute atomic E-state index is 0.303. The van der Waals surface area contributed by atoms with E-state index in [4.69, 9.17) is 11.6 Å². The first kappa shape index (κ1) is 18.1. The second-order valence-corrected chi connectivity index (χ2v) is 6.65. The standard InChI is InChI=1S/C19H16ClN3O2S/c1-26-13-8-9-16(20)15(12-13)19(25)22-21-18(24)14-6-2-3-7-17(14)23-10-4-5-11-23/h2-12H,1H3,(H,21,24)(H,22,25). The summed E-state index contributed by atoms with van der Waals surface area (Å²) in [4.78, 5) is 25.8. The van der Waals surface area contributed by atoms with Gasteiger partial charge in [0, 0.05) is 17.3 Å². The minimum Gasteiger partial charge on any atom is -0.323 e. The molecule has 0 aliphatic rings. The van der Waals surface area contributed by atoms with Gasteiger partial charge in [-0.2, -0.15) is 0 Å². The van der Waals surface area contributed by atoms with Crippen molar-refractivity contribution >= 4 is 35.2 Å². The molecule has 0 unspecified atom stereocenters. The van der Waals surface area contributed by atoms with Crippen LogP contribution in [0.15, 0.2) is 71.9 Å². The first-order valence-corrected chi connectivity index (χ1v) is 9.37. The van der Waals surface area contributed by atoms with Crippen LogP contribution in [0.3, 0.4) is 0 Å². The number of para-hydroxylation sites is 1. The first-order chi connectivity index (χ1) is 12.6. The quantitative estimate of drug-likeness (QED) is 0.528. The van der Waals surface area contributed by atoms with Crippen molar-refractivity contribution in [2.45, 2.75) is 4.90 Å². The van der Waals surface area contributed by atoms with Crippen LogP contribution >= 0.6 is 23.4 Å². The molecule has 0 fully saturated rings. The van der Waals surface area contributed by atoms with Crippen molar-refractivity contribution in [1.82, 2.24) is 15.4 Å². The number of nitrogens with zero attached hydrogens (tertiary/aromatic N) is 1. The van der Waals surface area contributed by atoms with E-state index in [0.717, 1.165) is 4.90 Å². The summed E-state index contributed by atoms with van der Waals surface area (Å²) < 4.78 is 1.83. The third-order valence-electron chi connectivity index (χ3n) is 3.74. The zero-order valence-corrected chi connectivity index (χ0v) is 15.5. The van der Waals surface area contributed by atoms with Gasteiger partial charge in [0.25, 0.3) is 11.8 Å². The number of hydrogen-bond acceptors (Lipinski definition) is 3. The molecule has 0 aliphatic carbocycles. The number of thioether (sulfide) groups is 1. The molecule has 0 saturated heterocycles. The molecular formula is C19H16ClN3O2S. The third-order valence-corrected chi connectivity index (χ3v) is 4.79. The lowest BCUT2D eigenvalue weighted by Crippen LogP contribution is -2.42. The molecule has 5 nitrogen and oxygen atoms in total. The van der Waals surface area contributed by atoms with E-state index in [9.17, 15) is 9.59 Å². The summed E-state index contributed by atoms with van der Waals surface area (Å²) in [6.07, 6.45) is 5.60. The van der Waals surface area contributed by atoms with E-state index < -0.39 is 11.8 Å². The van der Waals surface area contributed by atoms with E-state index in [-0.39, 0.29) is 0 Å². The Balaban J connectivity index is 1.75. The molecule has 2 N–H and O–H groups in total. The summed E-state index contributed by atoms with van der Waals surface area (Å²) in [7, 11) is 0. The van der Waals surface area contributed by atoms with Crippen molar-refractivity contribution < 1.29 is 9.59 Å². The number of carbonyl (C=O) groups is 2. The average molecular weight is 386 g/mol. The van der Waals surface area contributed by atoms with Gasteiger partial charge in [-0.05, 0) is 48.7 Å². The lowest BCUT2D eigenvalue weighted by atomic mass is 10.1. The number of hydrazine groups is 1. The van der Waals surface area contributed by atoms with E-state index in [0.29, 0.717) is 21.8 Å². The molecule has 26 heavy (non-hydrogen) atoms. The number of benzene rings is 2. The molecule has 0 bridgehead atoms. The average Bonchev–Trinajstić information content (AvgIpc) is 3.21. The molecule has 3 rings (SSSR count). The van der Waals surface area contributed by atoms with E-state index in [1.54, 1.807) is 24.3 Å². The van der Waals surface area contributed by atoms with E-state index in [1.807, 2.05) is 53.5 Å². The molecule has 0 atom stereocenters. The maximum Gasteiger partial charge on any atom is 0.271 e. The van der Waals surface area contributed by atoms with Gasteiger partial charge in [-0.25, -0.2) is 0 Å². The highest BCUT2D eigenvalue weighted by atomic mass is 35.5. The van der Waals surface area contributed by atoms with Crippen molar-refractivity contribution in [3.05, 3.63) is 83.1 Å². The fourth-order valence-corrected chi connectivity index (χ4v) is 3.08. The Morgan fingerprint density at radius 3 is 2.27 bits per heavy atom. The molecule has 1 heterocycles. The molecule has 1 aromatic heterocycles. The summed E-state index contributed by atoms with van der Waals surface area (Å²) in [5, 5.41) is 0.322. The van der Waals surface area contributed by atoms with Crippen LogP contribution in [-0.2, 0) is 0 Å². The Kier molecular flexibility index (Phi) is 5.65. The molecular weight excluding hydrogens is 370 g/mol. The molecule has 0 saturated carbocycles. The zero-order valence-electron chi connectivity index (χ0n) is 13.9. The summed E-state index contributed by atoms with van der Waals surface area (Å²) in [6.45, 7) is 0. The number of halogens is 1. The molecule has 0 aliphatic heterocycles. The summed E-state index contributed by atoms with van der Waals surface area (Å²) in [5.41, 5.74) is 6.32. The van der Waals surface area contributed by atoms with Gasteiger partial charge in [-0.1, -0.05) is 23.7 Å². The van der Waals surface area contributed by atoms with Crippen LogP contribution in [0.5, 0.6) is 0 Å². The predicted molar refractivity (Wildman–Crippen MR) is 104 cm³/mol. The molecule has 2 aromatic carbocycles. The Labute approximate surface area is 160 Å². The SMILES string of the molecule is CSc1ccc(Cl)c(C(=O)NNC(=O)c2ccccc2-n2cccc2)c1. The van der Waals surface area contributed by atoms with Crippen LogP contribution in [0, 0.1) is 0 Å². The molecule has 7 heteroatoms. The van der Waals surface area contributed by atoms with Gasteiger partial charge in [-0.15, -0.1) is 11.8 Å². The summed E-state index contributed by atoms with van der Waals surface area (Å²) in [5.74, 6) is -0.891. The van der Waals surface area contributed by atoms with Crippen LogP contribution in [0.1, 0.15) is 20.7 Å². The van der Waals surface area contributed by atoms with Crippen LogP contribution in [-0.4, -0.2) is 22.6 Å². The first-order valence-electron chi connectivity index (χ1n) is 7.76. The van der Waals surface area contributed by atoms with Crippen molar-refractivity contribution in [3.63, 3.8) is 0 Å². The lowest BCUT2D eigenvalue weighted by molar-refractivity contribution is 0.0846. The number of carbonyl (C=O) groups excluding carboxylic acids is 2. The molecule has 3 aromatic rings. The van der Waals surface area contributed by atoms with Crippen LogP contribution in [0.25, 0.3) is 5.69 Å². The minimum atomic E-state index is -0.474. The number of rotatable bonds is 4. The fraction of sp³-hybridized carbons (Fsp3) is 0.0526. The Morgan fingerprint density at radius 2 is 1.58 bits per heavy atom. The number of nitrogens with one attached hydrogen (secondary N) is 2. The Bertz CT molecular complexity index is 942. The summed E-state index contributed by atoms with van der Waals surface area (Å²) in [6, 6.07) is 16.0. The van der Waals surface area contributed by atoms with Gasteiger partial charge in [0.05, 0.1) is 21.8 Å². The second kappa shape index (κ2) is 8.12.